The highest BCUT2D eigenvalue weighted by Gasteiger charge is 2.45. The van der Waals surface area contributed by atoms with Crippen molar-refractivity contribution in [2.24, 2.45) is 0 Å². The fraction of sp³-hybridized carbons (Fsp3) is 0.308. The molecule has 0 amide bonds. The normalized spacial score (nSPS) is 12.9. The van der Waals surface area contributed by atoms with Crippen LogP contribution in [0.2, 0.25) is 0 Å². The van der Waals surface area contributed by atoms with Crippen molar-refractivity contribution in [3.63, 3.8) is 0 Å². The van der Waals surface area contributed by atoms with Gasteiger partial charge in [0.2, 0.25) is 0 Å². The summed E-state index contributed by atoms with van der Waals surface area (Å²) in [6, 6.07) is 100. The molecule has 0 aromatic heterocycles. The van der Waals surface area contributed by atoms with E-state index in [1.54, 1.807) is 0 Å². The summed E-state index contributed by atoms with van der Waals surface area (Å²) in [7, 11) is 0. The van der Waals surface area contributed by atoms with Crippen LogP contribution in [0.3, 0.4) is 0 Å². The minimum atomic E-state index is -0.0176. The second-order valence-corrected chi connectivity index (χ2v) is 45.7. The molecule has 0 spiro atoms. The third-order valence-electron chi connectivity index (χ3n) is 22.1. The molecule has 2 aliphatic heterocycles. The van der Waals surface area contributed by atoms with Crippen LogP contribution >= 0.6 is 47.3 Å². The van der Waals surface area contributed by atoms with Crippen LogP contribution in [0, 0.1) is 0 Å². The lowest BCUT2D eigenvalue weighted by molar-refractivity contribution is 0.482. The fourth-order valence-corrected chi connectivity index (χ4v) is 15.2. The Morgan fingerprint density at radius 3 is 0.730 bits per heavy atom. The number of nitrogens with zero attached hydrogens (tertiary/aromatic N) is 4. The van der Waals surface area contributed by atoms with Gasteiger partial charge in [0, 0.05) is 81.1 Å². The molecule has 0 unspecified atom stereocenters. The van der Waals surface area contributed by atoms with Crippen LogP contribution in [0.15, 0.2) is 273 Å². The van der Waals surface area contributed by atoms with E-state index < -0.39 is 0 Å². The quantitative estimate of drug-likeness (QED) is 0.113. The predicted octanol–water partition coefficient (Wildman–Crippen LogP) is 30.5. The van der Waals surface area contributed by atoms with Gasteiger partial charge in [-0.05, 0) is 219 Å². The van der Waals surface area contributed by atoms with E-state index in [4.69, 9.17) is 9.47 Å². The average Bonchev–Trinajstić information content (AvgIpc) is 0.693. The minimum absolute atomic E-state index is 0.00979. The summed E-state index contributed by atoms with van der Waals surface area (Å²) in [6.45, 7) is 54.8. The number of fused-ring (bicyclic) bond motifs is 4. The van der Waals surface area contributed by atoms with Crippen LogP contribution in [-0.4, -0.2) is 9.90 Å². The molecule has 0 fully saturated rings. The average molecular weight is 1720 g/mol. The van der Waals surface area contributed by atoms with E-state index >= 15 is 0 Å². The van der Waals surface area contributed by atoms with Crippen molar-refractivity contribution >= 4 is 142 Å². The highest BCUT2D eigenvalue weighted by atomic mass is 79.9. The lowest BCUT2D eigenvalue weighted by Crippen LogP contribution is -2.61. The molecule has 0 radical (unpaired) electrons. The zero-order chi connectivity index (χ0) is 83.3. The number of hydrogen-bond donors (Lipinski definition) is 0. The van der Waals surface area contributed by atoms with Crippen LogP contribution in [0.4, 0.5) is 68.2 Å². The molecular formula is C104H117B2Br3N4O2. The first kappa shape index (κ1) is 85.4. The summed E-state index contributed by atoms with van der Waals surface area (Å²) in [5, 5.41) is 0. The third-order valence-corrected chi connectivity index (χ3v) is 22.1. The van der Waals surface area contributed by atoms with Gasteiger partial charge in [-0.25, -0.2) is 0 Å². The Morgan fingerprint density at radius 1 is 0.243 bits per heavy atom. The number of benzene rings is 12. The van der Waals surface area contributed by atoms with Crippen molar-refractivity contribution in [2.45, 2.75) is 209 Å². The lowest BCUT2D eigenvalue weighted by atomic mass is 9.33. The summed E-state index contributed by atoms with van der Waals surface area (Å²) in [4.78, 5) is 9.68. The molecule has 12 aromatic carbocycles. The first-order chi connectivity index (χ1) is 53.8. The van der Waals surface area contributed by atoms with Gasteiger partial charge in [0.15, 0.2) is 0 Å². The van der Waals surface area contributed by atoms with Crippen molar-refractivity contribution in [3.05, 3.63) is 317 Å². The van der Waals surface area contributed by atoms with E-state index in [1.165, 1.54) is 72.3 Å². The molecule has 2 heterocycles. The van der Waals surface area contributed by atoms with Gasteiger partial charge >= 0.3 is 3.18 Å². The van der Waals surface area contributed by atoms with Crippen LogP contribution < -0.4 is 45.5 Å². The molecule has 115 heavy (non-hydrogen) atoms. The van der Waals surface area contributed by atoms with Crippen LogP contribution in [-0.2, 0) is 43.3 Å². The Labute approximate surface area is 715 Å². The van der Waals surface area contributed by atoms with Gasteiger partial charge < -0.3 is 29.1 Å². The van der Waals surface area contributed by atoms with Crippen LogP contribution in [0.5, 0.6) is 23.0 Å². The Kier molecular flexibility index (Phi) is 24.6. The maximum atomic E-state index is 6.79. The maximum Gasteiger partial charge on any atom is 0.369 e. The van der Waals surface area contributed by atoms with E-state index in [2.05, 4.69) is 445 Å². The zero-order valence-corrected chi connectivity index (χ0v) is 77.1. The van der Waals surface area contributed by atoms with Gasteiger partial charge in [-0.2, -0.15) is 0 Å². The molecule has 0 saturated carbocycles. The molecule has 12 aromatic rings. The molecule has 0 aliphatic carbocycles. The van der Waals surface area contributed by atoms with Gasteiger partial charge in [-0.15, -0.1) is 47.3 Å². The van der Waals surface area contributed by atoms with Crippen molar-refractivity contribution in [2.75, 3.05) is 19.6 Å². The van der Waals surface area contributed by atoms with Crippen molar-refractivity contribution in [1.82, 2.24) is 0 Å². The molecule has 0 N–H and O–H groups in total. The SMILES string of the molecule is BrB(Br)Br.CC(C)(C)c1ccc(N(c2ccc(C(C)(C)C)cc2)c2cc(Oc3ccccc3)cc(N(c3ccc(C(C)(C)C)cc3)c3ccc(C(C)(C)C)cc3)c2)cc1.CC(C)(C)c1ccc(N2c3ccc(C(C)(C)C)cc3B3c4cc(C(C)(C)C)ccc4N(c4ccc(C(C)(C)C)cc4)c4cc(Oc5ccccc5)cc2c43)cc1. The number of halogens is 3. The Morgan fingerprint density at radius 2 is 0.478 bits per heavy atom. The van der Waals surface area contributed by atoms with Crippen LogP contribution in [0.1, 0.15) is 211 Å². The van der Waals surface area contributed by atoms with Gasteiger partial charge in [-0.1, -0.05) is 300 Å². The van der Waals surface area contributed by atoms with Crippen molar-refractivity contribution in [1.29, 1.82) is 0 Å². The standard InChI is InChI=1S/C52H57BN2O.C52H60N2O.BBr3/c1-49(2,3)34-18-24-38(25-19-34)54-44-28-22-36(51(7,8)9)30-42(44)53-43-31-37(52(10,11)12)23-29-45(43)55(39-26-20-35(21-27-39)50(4,5)6)47-33-41(32-46(54)48(47)53)56-40-16-14-13-15-17-40;1-49(2,3)37-18-26-41(27-19-37)53(42-28-20-38(21-29-42)50(4,5)6)45-34-46(36-48(35-45)55-47-16-14-13-15-17-47)54(43-30-22-39(23-31-43)51(7,8)9)44-32-24-40(25-33-44)52(10,11)12;2-1(3)4/h13-33H,1-12H3;13-36H,1-12H3;. The van der Waals surface area contributed by atoms with E-state index in [1.807, 2.05) is 60.7 Å². The lowest BCUT2D eigenvalue weighted by Gasteiger charge is -2.45. The molecule has 11 heteroatoms. The number of rotatable bonds is 12. The smallest absolute Gasteiger partial charge is 0.369 e. The molecule has 0 bridgehead atoms. The first-order valence-electron chi connectivity index (χ1n) is 40.6. The van der Waals surface area contributed by atoms with E-state index in [-0.39, 0.29) is 53.2 Å². The number of hydrogen-bond acceptors (Lipinski definition) is 6. The summed E-state index contributed by atoms with van der Waals surface area (Å²) < 4.78 is 13.8. The summed E-state index contributed by atoms with van der Waals surface area (Å²) >= 11 is 9.31. The second kappa shape index (κ2) is 33.2. The summed E-state index contributed by atoms with van der Waals surface area (Å²) in [5.74, 6) is 3.16. The fourth-order valence-electron chi connectivity index (χ4n) is 15.2. The zero-order valence-electron chi connectivity index (χ0n) is 72.4. The van der Waals surface area contributed by atoms with E-state index in [9.17, 15) is 0 Å². The van der Waals surface area contributed by atoms with Gasteiger partial charge in [-0.3, -0.25) is 0 Å². The topological polar surface area (TPSA) is 31.4 Å². The largest absolute Gasteiger partial charge is 0.457 e. The molecule has 2 aliphatic rings. The van der Waals surface area contributed by atoms with Gasteiger partial charge in [0.1, 0.15) is 23.0 Å². The molecule has 0 saturated heterocycles. The Hall–Kier alpha value is -8.99. The summed E-state index contributed by atoms with van der Waals surface area (Å²) in [6.07, 6.45) is 0. The van der Waals surface area contributed by atoms with Crippen molar-refractivity contribution < 1.29 is 9.47 Å². The Balaban J connectivity index is 0.000000203. The second-order valence-electron chi connectivity index (χ2n) is 39.2. The molecule has 6 nitrogen and oxygen atoms in total. The number of anilines is 12. The monoisotopic (exact) mass is 1710 g/mol. The minimum Gasteiger partial charge on any atom is -0.457 e. The van der Waals surface area contributed by atoms with E-state index in [0.29, 0.717) is 0 Å². The predicted molar refractivity (Wildman–Crippen MR) is 511 cm³/mol. The van der Waals surface area contributed by atoms with Crippen LogP contribution in [0.25, 0.3) is 0 Å². The van der Waals surface area contributed by atoms with E-state index in [0.717, 1.165) is 79.9 Å². The van der Waals surface area contributed by atoms with Crippen molar-refractivity contribution in [3.8, 4) is 23.0 Å². The number of ether oxygens (including phenoxy) is 2. The number of para-hydroxylation sites is 2. The Bertz CT molecular complexity index is 4940. The highest BCUT2D eigenvalue weighted by molar-refractivity contribution is 9.69. The molecule has 0 atom stereocenters. The first-order valence-corrected chi connectivity index (χ1v) is 43.4. The van der Waals surface area contributed by atoms with Gasteiger partial charge in [0.05, 0.1) is 11.4 Å². The maximum absolute atomic E-state index is 6.79. The van der Waals surface area contributed by atoms with Gasteiger partial charge in [0.25, 0.3) is 6.71 Å². The molecule has 14 rings (SSSR count). The summed E-state index contributed by atoms with van der Waals surface area (Å²) in [5.41, 5.74) is 27.9. The molecular weight excluding hydrogens is 1600 g/mol. The third kappa shape index (κ3) is 19.8. The molecule has 592 valence electrons. The highest BCUT2D eigenvalue weighted by Crippen LogP contribution is 2.50.